The molecule has 1 aromatic rings. The van der Waals surface area contributed by atoms with Crippen LogP contribution in [0.1, 0.15) is 17.3 Å². The molecule has 108 valence electrons. The minimum absolute atomic E-state index is 0.0588. The lowest BCUT2D eigenvalue weighted by Crippen LogP contribution is -2.20. The van der Waals surface area contributed by atoms with Crippen LogP contribution in [0.5, 0.6) is 0 Å². The Labute approximate surface area is 127 Å². The van der Waals surface area contributed by atoms with E-state index >= 15 is 0 Å². The van der Waals surface area contributed by atoms with Crippen molar-refractivity contribution in [2.45, 2.75) is 6.92 Å². The molecule has 0 aliphatic carbocycles. The molecular formula is C13H14Cl2N2O3. The Kier molecular flexibility index (Phi) is 5.98. The Morgan fingerprint density at radius 1 is 1.35 bits per heavy atom. The van der Waals surface area contributed by atoms with E-state index in [1.54, 1.807) is 25.9 Å². The maximum atomic E-state index is 12.4. The third-order valence-corrected chi connectivity index (χ3v) is 2.69. The van der Waals surface area contributed by atoms with Gasteiger partial charge in [-0.1, -0.05) is 23.2 Å². The Morgan fingerprint density at radius 3 is 2.50 bits per heavy atom. The minimum atomic E-state index is -0.711. The summed E-state index contributed by atoms with van der Waals surface area (Å²) >= 11 is 11.6. The van der Waals surface area contributed by atoms with Crippen LogP contribution in [0.2, 0.25) is 10.3 Å². The van der Waals surface area contributed by atoms with Crippen LogP contribution in [0.4, 0.5) is 0 Å². The fourth-order valence-electron chi connectivity index (χ4n) is 1.40. The first kappa shape index (κ1) is 16.5. The average molecular weight is 317 g/mol. The summed E-state index contributed by atoms with van der Waals surface area (Å²) in [6.45, 7) is 1.83. The number of nitrogens with zero attached hydrogens (tertiary/aromatic N) is 2. The molecule has 5 nitrogen and oxygen atoms in total. The third kappa shape index (κ3) is 4.21. The second-order valence-electron chi connectivity index (χ2n) is 4.03. The van der Waals surface area contributed by atoms with Crippen molar-refractivity contribution in [3.05, 3.63) is 39.8 Å². The number of esters is 1. The van der Waals surface area contributed by atoms with Gasteiger partial charge in [-0.15, -0.1) is 0 Å². The summed E-state index contributed by atoms with van der Waals surface area (Å²) in [6, 6.07) is 2.85. The van der Waals surface area contributed by atoms with Crippen LogP contribution in [0.15, 0.2) is 23.9 Å². The fraction of sp³-hybridized carbons (Fsp3) is 0.308. The summed E-state index contributed by atoms with van der Waals surface area (Å²) in [5.41, 5.74) is -0.0277. The van der Waals surface area contributed by atoms with Gasteiger partial charge in [0.05, 0.1) is 12.2 Å². The number of carbonyl (C=O) groups excluding carboxylic acids is 2. The lowest BCUT2D eigenvalue weighted by Gasteiger charge is -2.11. The molecule has 20 heavy (non-hydrogen) atoms. The van der Waals surface area contributed by atoms with E-state index in [-0.39, 0.29) is 28.0 Å². The Hall–Kier alpha value is -1.59. The van der Waals surface area contributed by atoms with E-state index in [1.807, 2.05) is 0 Å². The molecule has 0 bridgehead atoms. The number of ketones is 1. The monoisotopic (exact) mass is 316 g/mol. The quantitative estimate of drug-likeness (QED) is 0.209. The SMILES string of the molecule is CCOC(=O)C(=CN(C)C)C(=O)c1ccc(Cl)nc1Cl. The summed E-state index contributed by atoms with van der Waals surface area (Å²) in [5, 5.41) is 0.109. The fourth-order valence-corrected chi connectivity index (χ4v) is 1.83. The van der Waals surface area contributed by atoms with Gasteiger partial charge in [-0.25, -0.2) is 9.78 Å². The highest BCUT2D eigenvalue weighted by Gasteiger charge is 2.24. The standard InChI is InChI=1S/C13H14Cl2N2O3/c1-4-20-13(19)9(7-17(2)3)11(18)8-5-6-10(14)16-12(8)15/h5-7H,4H2,1-3H3. The van der Waals surface area contributed by atoms with Gasteiger partial charge in [-0.05, 0) is 19.1 Å². The van der Waals surface area contributed by atoms with Gasteiger partial charge >= 0.3 is 5.97 Å². The van der Waals surface area contributed by atoms with E-state index in [1.165, 1.54) is 18.3 Å². The zero-order valence-corrected chi connectivity index (χ0v) is 12.8. The van der Waals surface area contributed by atoms with Crippen LogP contribution < -0.4 is 0 Å². The first-order valence-corrected chi connectivity index (χ1v) is 6.54. The molecule has 7 heteroatoms. The summed E-state index contributed by atoms with van der Waals surface area (Å²) in [5.74, 6) is -1.27. The van der Waals surface area contributed by atoms with Crippen molar-refractivity contribution in [2.24, 2.45) is 0 Å². The zero-order chi connectivity index (χ0) is 15.3. The predicted octanol–water partition coefficient (Wildman–Crippen LogP) is 2.58. The molecule has 0 aliphatic heterocycles. The Bertz CT molecular complexity index is 557. The van der Waals surface area contributed by atoms with Gasteiger partial charge in [0.1, 0.15) is 15.9 Å². The molecule has 0 unspecified atom stereocenters. The normalized spacial score (nSPS) is 11.2. The van der Waals surface area contributed by atoms with Gasteiger partial charge < -0.3 is 9.64 Å². The molecule has 1 heterocycles. The van der Waals surface area contributed by atoms with Crippen molar-refractivity contribution < 1.29 is 14.3 Å². The molecule has 0 amide bonds. The van der Waals surface area contributed by atoms with Crippen LogP contribution in [0, 0.1) is 0 Å². The van der Waals surface area contributed by atoms with E-state index in [0.717, 1.165) is 0 Å². The number of carbonyl (C=O) groups is 2. The van der Waals surface area contributed by atoms with Gasteiger partial charge in [-0.3, -0.25) is 4.79 Å². The van der Waals surface area contributed by atoms with Crippen LogP contribution in [0.25, 0.3) is 0 Å². The number of aromatic nitrogens is 1. The lowest BCUT2D eigenvalue weighted by molar-refractivity contribution is -0.138. The van der Waals surface area contributed by atoms with E-state index in [9.17, 15) is 9.59 Å². The van der Waals surface area contributed by atoms with Crippen LogP contribution in [-0.2, 0) is 9.53 Å². The Morgan fingerprint density at radius 2 is 2.00 bits per heavy atom. The summed E-state index contributed by atoms with van der Waals surface area (Å²) in [6.07, 6.45) is 1.38. The molecule has 0 saturated heterocycles. The summed E-state index contributed by atoms with van der Waals surface area (Å²) in [4.78, 5) is 29.6. The molecule has 0 aromatic carbocycles. The highest BCUT2D eigenvalue weighted by Crippen LogP contribution is 2.20. The van der Waals surface area contributed by atoms with Crippen LogP contribution in [-0.4, -0.2) is 42.3 Å². The summed E-state index contributed by atoms with van der Waals surface area (Å²) < 4.78 is 4.87. The van der Waals surface area contributed by atoms with Crippen molar-refractivity contribution in [3.63, 3.8) is 0 Å². The highest BCUT2D eigenvalue weighted by atomic mass is 35.5. The second-order valence-corrected chi connectivity index (χ2v) is 4.77. The van der Waals surface area contributed by atoms with Gasteiger partial charge in [-0.2, -0.15) is 0 Å². The van der Waals surface area contributed by atoms with Crippen molar-refractivity contribution in [1.29, 1.82) is 0 Å². The zero-order valence-electron chi connectivity index (χ0n) is 11.3. The van der Waals surface area contributed by atoms with Crippen molar-refractivity contribution in [1.82, 2.24) is 9.88 Å². The number of rotatable bonds is 5. The first-order valence-electron chi connectivity index (χ1n) is 5.79. The van der Waals surface area contributed by atoms with E-state index in [2.05, 4.69) is 4.98 Å². The maximum absolute atomic E-state index is 12.4. The van der Waals surface area contributed by atoms with Crippen molar-refractivity contribution in [2.75, 3.05) is 20.7 Å². The van der Waals surface area contributed by atoms with Crippen LogP contribution in [0.3, 0.4) is 0 Å². The number of halogens is 2. The molecule has 0 atom stereocenters. The van der Waals surface area contributed by atoms with E-state index in [0.29, 0.717) is 0 Å². The smallest absolute Gasteiger partial charge is 0.343 e. The number of hydrogen-bond acceptors (Lipinski definition) is 5. The largest absolute Gasteiger partial charge is 0.462 e. The van der Waals surface area contributed by atoms with Gasteiger partial charge in [0.2, 0.25) is 5.78 Å². The number of hydrogen-bond donors (Lipinski definition) is 0. The van der Waals surface area contributed by atoms with Crippen molar-refractivity contribution in [3.8, 4) is 0 Å². The molecule has 0 aliphatic rings. The first-order chi connectivity index (χ1) is 9.36. The molecular weight excluding hydrogens is 303 g/mol. The predicted molar refractivity (Wildman–Crippen MR) is 77.0 cm³/mol. The molecule has 0 N–H and O–H groups in total. The molecule has 1 aromatic heterocycles. The maximum Gasteiger partial charge on any atom is 0.343 e. The number of ether oxygens (including phenoxy) is 1. The molecule has 1 rings (SSSR count). The molecule has 0 radical (unpaired) electrons. The second kappa shape index (κ2) is 7.26. The molecule has 0 fully saturated rings. The molecule has 0 spiro atoms. The van der Waals surface area contributed by atoms with E-state index < -0.39 is 11.8 Å². The summed E-state index contributed by atoms with van der Waals surface area (Å²) in [7, 11) is 3.38. The minimum Gasteiger partial charge on any atom is -0.462 e. The van der Waals surface area contributed by atoms with Crippen molar-refractivity contribution >= 4 is 35.0 Å². The number of pyridine rings is 1. The van der Waals surface area contributed by atoms with Gasteiger partial charge in [0.15, 0.2) is 0 Å². The lowest BCUT2D eigenvalue weighted by atomic mass is 10.1. The van der Waals surface area contributed by atoms with Gasteiger partial charge in [0.25, 0.3) is 0 Å². The average Bonchev–Trinajstić information content (AvgIpc) is 2.35. The van der Waals surface area contributed by atoms with Gasteiger partial charge in [0, 0.05) is 20.3 Å². The van der Waals surface area contributed by atoms with E-state index in [4.69, 9.17) is 27.9 Å². The molecule has 0 saturated carbocycles. The van der Waals surface area contributed by atoms with Crippen LogP contribution >= 0.6 is 23.2 Å². The third-order valence-electron chi connectivity index (χ3n) is 2.19. The highest BCUT2D eigenvalue weighted by molar-refractivity contribution is 6.37. The topological polar surface area (TPSA) is 59.5 Å². The number of Topliss-reactive ketones (excluding diaryl/α,β-unsaturated/α-hetero) is 1. The Balaban J connectivity index is 3.20.